The van der Waals surface area contributed by atoms with Crippen LogP contribution < -0.4 is 5.32 Å². The molecule has 2 heterocycles. The minimum Gasteiger partial charge on any atom is -0.379 e. The third kappa shape index (κ3) is 4.47. The smallest absolute Gasteiger partial charge is 0.221 e. The number of hydrogen-bond acceptors (Lipinski definition) is 4. The van der Waals surface area contributed by atoms with Gasteiger partial charge in [0, 0.05) is 32.6 Å². The summed E-state index contributed by atoms with van der Waals surface area (Å²) in [5.74, 6) is 0.0456. The van der Waals surface area contributed by atoms with E-state index in [9.17, 15) is 4.79 Å². The van der Waals surface area contributed by atoms with Crippen molar-refractivity contribution in [1.82, 2.24) is 20.0 Å². The van der Waals surface area contributed by atoms with Gasteiger partial charge in [0.25, 0.3) is 0 Å². The Labute approximate surface area is 124 Å². The molecule has 1 saturated heterocycles. The number of morpholine rings is 1. The Balaban J connectivity index is 1.61. The van der Waals surface area contributed by atoms with Gasteiger partial charge < -0.3 is 10.1 Å². The molecule has 0 bridgehead atoms. The van der Waals surface area contributed by atoms with Crippen molar-refractivity contribution in [2.75, 3.05) is 39.4 Å². The second-order valence-corrected chi connectivity index (χ2v) is 5.26. The van der Waals surface area contributed by atoms with E-state index in [1.165, 1.54) is 0 Å². The minimum atomic E-state index is 0.0456. The van der Waals surface area contributed by atoms with Crippen molar-refractivity contribution in [3.8, 4) is 0 Å². The van der Waals surface area contributed by atoms with Crippen molar-refractivity contribution in [3.05, 3.63) is 16.9 Å². The van der Waals surface area contributed by atoms with Crippen LogP contribution in [0.15, 0.2) is 6.20 Å². The topological polar surface area (TPSA) is 59.4 Å². The normalized spacial score (nSPS) is 16.3. The lowest BCUT2D eigenvalue weighted by Gasteiger charge is -2.26. The van der Waals surface area contributed by atoms with Crippen molar-refractivity contribution in [1.29, 1.82) is 0 Å². The number of halogens is 1. The van der Waals surface area contributed by atoms with E-state index in [1.807, 2.05) is 6.92 Å². The summed E-state index contributed by atoms with van der Waals surface area (Å²) < 4.78 is 7.03. The first-order chi connectivity index (χ1) is 9.66. The molecular weight excluding hydrogens is 280 g/mol. The molecular formula is C13H21ClN4O2. The third-order valence-electron chi connectivity index (χ3n) is 3.45. The fraction of sp³-hybridized carbons (Fsp3) is 0.692. The van der Waals surface area contributed by atoms with Crippen LogP contribution in [0.25, 0.3) is 0 Å². The summed E-state index contributed by atoms with van der Waals surface area (Å²) in [5, 5.41) is 7.69. The fourth-order valence-electron chi connectivity index (χ4n) is 2.12. The summed E-state index contributed by atoms with van der Waals surface area (Å²) in [6.45, 7) is 7.47. The Bertz CT molecular complexity index is 444. The minimum absolute atomic E-state index is 0.0456. The molecule has 0 atom stereocenters. The number of ether oxygens (including phenoxy) is 1. The van der Waals surface area contributed by atoms with Crippen LogP contribution in [-0.2, 0) is 16.1 Å². The maximum absolute atomic E-state index is 11.7. The number of carbonyl (C=O) groups is 1. The van der Waals surface area contributed by atoms with Gasteiger partial charge in [0.15, 0.2) is 0 Å². The van der Waals surface area contributed by atoms with E-state index in [2.05, 4.69) is 15.3 Å². The van der Waals surface area contributed by atoms with E-state index >= 15 is 0 Å². The highest BCUT2D eigenvalue weighted by Gasteiger charge is 2.10. The Morgan fingerprint density at radius 1 is 1.45 bits per heavy atom. The fourth-order valence-corrected chi connectivity index (χ4v) is 2.26. The van der Waals surface area contributed by atoms with Crippen LogP contribution in [0, 0.1) is 6.92 Å². The van der Waals surface area contributed by atoms with Gasteiger partial charge >= 0.3 is 0 Å². The summed E-state index contributed by atoms with van der Waals surface area (Å²) in [7, 11) is 0. The van der Waals surface area contributed by atoms with Gasteiger partial charge in [-0.05, 0) is 6.92 Å². The highest BCUT2D eigenvalue weighted by molar-refractivity contribution is 6.31. The summed E-state index contributed by atoms with van der Waals surface area (Å²) in [4.78, 5) is 14.0. The number of aromatic nitrogens is 2. The van der Waals surface area contributed by atoms with Gasteiger partial charge in [-0.3, -0.25) is 14.4 Å². The number of hydrogen-bond donors (Lipinski definition) is 1. The average molecular weight is 301 g/mol. The number of aryl methyl sites for hydroxylation is 1. The highest BCUT2D eigenvalue weighted by Crippen LogP contribution is 2.13. The van der Waals surface area contributed by atoms with Crippen LogP contribution in [0.2, 0.25) is 5.02 Å². The lowest BCUT2D eigenvalue weighted by Crippen LogP contribution is -2.41. The van der Waals surface area contributed by atoms with Crippen LogP contribution >= 0.6 is 11.6 Å². The summed E-state index contributed by atoms with van der Waals surface area (Å²) in [6.07, 6.45) is 2.02. The van der Waals surface area contributed by atoms with Crippen LogP contribution in [0.3, 0.4) is 0 Å². The quantitative estimate of drug-likeness (QED) is 0.839. The molecule has 0 unspecified atom stereocenters. The molecule has 1 aliphatic rings. The molecule has 7 heteroatoms. The molecule has 2 rings (SSSR count). The number of amides is 1. The second-order valence-electron chi connectivity index (χ2n) is 4.86. The molecule has 0 spiro atoms. The molecule has 20 heavy (non-hydrogen) atoms. The zero-order chi connectivity index (χ0) is 14.4. The molecule has 0 aromatic carbocycles. The Kier molecular flexibility index (Phi) is 5.82. The van der Waals surface area contributed by atoms with E-state index in [-0.39, 0.29) is 5.91 Å². The van der Waals surface area contributed by atoms with Crippen molar-refractivity contribution < 1.29 is 9.53 Å². The van der Waals surface area contributed by atoms with E-state index in [1.54, 1.807) is 10.9 Å². The third-order valence-corrected chi connectivity index (χ3v) is 3.82. The predicted octanol–water partition coefficient (Wildman–Crippen LogP) is 0.683. The number of nitrogens with zero attached hydrogens (tertiary/aromatic N) is 3. The average Bonchev–Trinajstić information content (AvgIpc) is 2.78. The molecule has 1 aliphatic heterocycles. The molecule has 1 aromatic heterocycles. The standard InChI is InChI=1S/C13H21ClN4O2/c1-11-12(14)10-16-18(11)4-2-13(19)15-3-5-17-6-8-20-9-7-17/h10H,2-9H2,1H3,(H,15,19). The first-order valence-electron chi connectivity index (χ1n) is 6.91. The van der Waals surface area contributed by atoms with Gasteiger partial charge in [-0.15, -0.1) is 0 Å². The SMILES string of the molecule is Cc1c(Cl)cnn1CCC(=O)NCCN1CCOCC1. The van der Waals surface area contributed by atoms with Gasteiger partial charge in [0.05, 0.1) is 36.7 Å². The van der Waals surface area contributed by atoms with Crippen molar-refractivity contribution >= 4 is 17.5 Å². The second kappa shape index (κ2) is 7.61. The largest absolute Gasteiger partial charge is 0.379 e. The monoisotopic (exact) mass is 300 g/mol. The first kappa shape index (κ1) is 15.3. The Morgan fingerprint density at radius 3 is 2.85 bits per heavy atom. The molecule has 0 aliphatic carbocycles. The molecule has 1 aromatic rings. The first-order valence-corrected chi connectivity index (χ1v) is 7.29. The van der Waals surface area contributed by atoms with Crippen molar-refractivity contribution in [2.24, 2.45) is 0 Å². The molecule has 112 valence electrons. The Morgan fingerprint density at radius 2 is 2.20 bits per heavy atom. The highest BCUT2D eigenvalue weighted by atomic mass is 35.5. The Hall–Kier alpha value is -1.11. The van der Waals surface area contributed by atoms with Gasteiger partial charge in [-0.25, -0.2) is 0 Å². The lowest BCUT2D eigenvalue weighted by atomic mass is 10.3. The van der Waals surface area contributed by atoms with E-state index in [0.717, 1.165) is 38.5 Å². The maximum Gasteiger partial charge on any atom is 0.221 e. The van der Waals surface area contributed by atoms with Crippen molar-refractivity contribution in [2.45, 2.75) is 19.9 Å². The van der Waals surface area contributed by atoms with Crippen LogP contribution in [0.5, 0.6) is 0 Å². The number of nitrogens with one attached hydrogen (secondary N) is 1. The van der Waals surface area contributed by atoms with Crippen LogP contribution in [0.4, 0.5) is 0 Å². The number of rotatable bonds is 6. The zero-order valence-electron chi connectivity index (χ0n) is 11.8. The van der Waals surface area contributed by atoms with Crippen LogP contribution in [-0.4, -0.2) is 60.0 Å². The van der Waals surface area contributed by atoms with Gasteiger partial charge in [-0.1, -0.05) is 11.6 Å². The predicted molar refractivity (Wildman–Crippen MR) is 76.9 cm³/mol. The molecule has 6 nitrogen and oxygen atoms in total. The van der Waals surface area contributed by atoms with Crippen molar-refractivity contribution in [3.63, 3.8) is 0 Å². The lowest BCUT2D eigenvalue weighted by molar-refractivity contribution is -0.121. The molecule has 1 N–H and O–H groups in total. The van der Waals surface area contributed by atoms with E-state index < -0.39 is 0 Å². The van der Waals surface area contributed by atoms with Gasteiger partial charge in [-0.2, -0.15) is 5.10 Å². The summed E-state index contributed by atoms with van der Waals surface area (Å²) in [5.41, 5.74) is 0.896. The van der Waals surface area contributed by atoms with E-state index in [0.29, 0.717) is 24.5 Å². The number of carbonyl (C=O) groups excluding carboxylic acids is 1. The molecule has 1 amide bonds. The van der Waals surface area contributed by atoms with E-state index in [4.69, 9.17) is 16.3 Å². The molecule has 1 fully saturated rings. The zero-order valence-corrected chi connectivity index (χ0v) is 12.5. The maximum atomic E-state index is 11.7. The summed E-state index contributed by atoms with van der Waals surface area (Å²) >= 11 is 5.91. The van der Waals surface area contributed by atoms with Gasteiger partial charge in [0.1, 0.15) is 0 Å². The van der Waals surface area contributed by atoms with Crippen LogP contribution in [0.1, 0.15) is 12.1 Å². The molecule has 0 saturated carbocycles. The van der Waals surface area contributed by atoms with Gasteiger partial charge in [0.2, 0.25) is 5.91 Å². The summed E-state index contributed by atoms with van der Waals surface area (Å²) in [6, 6.07) is 0. The molecule has 0 radical (unpaired) electrons.